The van der Waals surface area contributed by atoms with Crippen molar-refractivity contribution in [2.45, 2.75) is 25.7 Å². The molecule has 0 bridgehead atoms. The number of nitrogens with zero attached hydrogens (tertiary/aromatic N) is 3. The summed E-state index contributed by atoms with van der Waals surface area (Å²) in [5.41, 5.74) is 5.73. The number of aromatic nitrogens is 3. The van der Waals surface area contributed by atoms with Crippen LogP contribution in [0.2, 0.25) is 0 Å². The summed E-state index contributed by atoms with van der Waals surface area (Å²) in [4.78, 5) is 0.132. The molecule has 3 aromatic carbocycles. The van der Waals surface area contributed by atoms with Gasteiger partial charge in [0.2, 0.25) is 0 Å². The van der Waals surface area contributed by atoms with Gasteiger partial charge < -0.3 is 5.32 Å². The van der Waals surface area contributed by atoms with Crippen LogP contribution in [-0.4, -0.2) is 22.8 Å². The maximum Gasteiger partial charge on any atom is 0.286 e. The first-order chi connectivity index (χ1) is 15.3. The lowest BCUT2D eigenvalue weighted by atomic mass is 10.1. The van der Waals surface area contributed by atoms with E-state index in [9.17, 15) is 8.42 Å². The van der Waals surface area contributed by atoms with Crippen molar-refractivity contribution in [1.29, 1.82) is 0 Å². The Hall–Kier alpha value is -3.71. The molecule has 0 saturated carbocycles. The van der Waals surface area contributed by atoms with Crippen LogP contribution in [0.1, 0.15) is 22.3 Å². The Morgan fingerprint density at radius 3 is 1.88 bits per heavy atom. The minimum atomic E-state index is -3.98. The fourth-order valence-electron chi connectivity index (χ4n) is 3.23. The second-order valence-electron chi connectivity index (χ2n) is 7.78. The van der Waals surface area contributed by atoms with E-state index in [1.165, 1.54) is 0 Å². The van der Waals surface area contributed by atoms with Crippen molar-refractivity contribution in [2.75, 3.05) is 5.32 Å². The highest BCUT2D eigenvalue weighted by Crippen LogP contribution is 2.31. The molecular formula is C25H24N4O2S. The fourth-order valence-corrected chi connectivity index (χ4v) is 4.41. The standard InChI is InChI=1S/C25H24N4O2S/c1-17-5-11-21(12-6-17)20(4)26-25-24(22-13-7-18(2)8-14-22)27-28-29(25)32(30,31)23-15-9-19(3)10-16-23/h5-16,26H,4H2,1-3H3. The summed E-state index contributed by atoms with van der Waals surface area (Å²) in [6.07, 6.45) is 0. The van der Waals surface area contributed by atoms with Gasteiger partial charge in [-0.2, -0.15) is 8.42 Å². The predicted molar refractivity (Wildman–Crippen MR) is 128 cm³/mol. The fraction of sp³-hybridized carbons (Fsp3) is 0.120. The highest BCUT2D eigenvalue weighted by Gasteiger charge is 2.26. The maximum atomic E-state index is 13.4. The number of benzene rings is 3. The van der Waals surface area contributed by atoms with E-state index >= 15 is 0 Å². The highest BCUT2D eigenvalue weighted by atomic mass is 32.2. The summed E-state index contributed by atoms with van der Waals surface area (Å²) in [7, 11) is -3.98. The first-order valence-electron chi connectivity index (χ1n) is 10.1. The van der Waals surface area contributed by atoms with Crippen molar-refractivity contribution >= 4 is 21.5 Å². The zero-order chi connectivity index (χ0) is 22.9. The smallest absolute Gasteiger partial charge is 0.286 e. The molecule has 1 heterocycles. The van der Waals surface area contributed by atoms with Gasteiger partial charge in [0.1, 0.15) is 5.69 Å². The molecule has 6 nitrogen and oxygen atoms in total. The Bertz CT molecular complexity index is 1370. The van der Waals surface area contributed by atoms with E-state index in [4.69, 9.17) is 0 Å². The summed E-state index contributed by atoms with van der Waals surface area (Å²) in [5.74, 6) is 0.236. The average Bonchev–Trinajstić information content (AvgIpc) is 3.19. The van der Waals surface area contributed by atoms with E-state index in [1.807, 2.05) is 69.3 Å². The first kappa shape index (κ1) is 21.5. The summed E-state index contributed by atoms with van der Waals surface area (Å²) in [5, 5.41) is 11.4. The summed E-state index contributed by atoms with van der Waals surface area (Å²) in [6, 6.07) is 22.1. The molecule has 4 aromatic rings. The number of aryl methyl sites for hydroxylation is 3. The Labute approximate surface area is 188 Å². The van der Waals surface area contributed by atoms with Gasteiger partial charge in [0.05, 0.1) is 4.90 Å². The molecule has 0 saturated heterocycles. The first-order valence-corrected chi connectivity index (χ1v) is 11.6. The van der Waals surface area contributed by atoms with Crippen LogP contribution in [0.25, 0.3) is 17.0 Å². The van der Waals surface area contributed by atoms with E-state index in [2.05, 4.69) is 22.2 Å². The molecule has 0 radical (unpaired) electrons. The van der Waals surface area contributed by atoms with Crippen LogP contribution in [0.3, 0.4) is 0 Å². The molecule has 0 atom stereocenters. The molecule has 0 spiro atoms. The molecule has 0 amide bonds. The molecule has 1 aromatic heterocycles. The van der Waals surface area contributed by atoms with Crippen molar-refractivity contribution in [2.24, 2.45) is 0 Å². The van der Waals surface area contributed by atoms with Crippen molar-refractivity contribution in [3.8, 4) is 11.3 Å². The van der Waals surface area contributed by atoms with Gasteiger partial charge in [-0.3, -0.25) is 0 Å². The summed E-state index contributed by atoms with van der Waals surface area (Å²) in [6.45, 7) is 10.0. The zero-order valence-electron chi connectivity index (χ0n) is 18.2. The number of hydrogen-bond donors (Lipinski definition) is 1. The second kappa shape index (κ2) is 8.43. The van der Waals surface area contributed by atoms with E-state index in [-0.39, 0.29) is 10.7 Å². The van der Waals surface area contributed by atoms with Gasteiger partial charge in [-0.15, -0.1) is 9.19 Å². The minimum Gasteiger partial charge on any atom is -0.338 e. The van der Waals surface area contributed by atoms with Crippen LogP contribution in [0.15, 0.2) is 84.3 Å². The van der Waals surface area contributed by atoms with Crippen LogP contribution in [0.4, 0.5) is 5.82 Å². The third-order valence-corrected chi connectivity index (χ3v) is 6.76. The largest absolute Gasteiger partial charge is 0.338 e. The normalized spacial score (nSPS) is 11.3. The molecule has 4 rings (SSSR count). The maximum absolute atomic E-state index is 13.4. The molecule has 7 heteroatoms. The quantitative estimate of drug-likeness (QED) is 0.443. The second-order valence-corrected chi connectivity index (χ2v) is 9.55. The van der Waals surface area contributed by atoms with E-state index in [1.54, 1.807) is 24.3 Å². The van der Waals surface area contributed by atoms with Crippen LogP contribution < -0.4 is 5.32 Å². The van der Waals surface area contributed by atoms with Crippen molar-refractivity contribution < 1.29 is 8.42 Å². The van der Waals surface area contributed by atoms with E-state index in [0.717, 1.165) is 31.9 Å². The number of anilines is 1. The van der Waals surface area contributed by atoms with Crippen LogP contribution in [0.5, 0.6) is 0 Å². The van der Waals surface area contributed by atoms with Gasteiger partial charge >= 0.3 is 0 Å². The van der Waals surface area contributed by atoms with Crippen molar-refractivity contribution in [1.82, 2.24) is 14.4 Å². The number of nitrogens with one attached hydrogen (secondary N) is 1. The van der Waals surface area contributed by atoms with Crippen LogP contribution in [-0.2, 0) is 10.0 Å². The van der Waals surface area contributed by atoms with Gasteiger partial charge in [0, 0.05) is 11.3 Å². The molecular weight excluding hydrogens is 420 g/mol. The lowest BCUT2D eigenvalue weighted by Gasteiger charge is -2.14. The van der Waals surface area contributed by atoms with Gasteiger partial charge in [0.25, 0.3) is 10.0 Å². The Kier molecular flexibility index (Phi) is 5.67. The predicted octanol–water partition coefficient (Wildman–Crippen LogP) is 5.19. The lowest BCUT2D eigenvalue weighted by Crippen LogP contribution is -2.17. The number of hydrogen-bond acceptors (Lipinski definition) is 5. The molecule has 0 aliphatic heterocycles. The molecule has 0 unspecified atom stereocenters. The van der Waals surface area contributed by atoms with Gasteiger partial charge in [-0.25, -0.2) is 0 Å². The van der Waals surface area contributed by atoms with E-state index < -0.39 is 10.0 Å². The third kappa shape index (κ3) is 4.20. The number of rotatable bonds is 6. The van der Waals surface area contributed by atoms with Gasteiger partial charge in [-0.1, -0.05) is 83.9 Å². The molecule has 0 fully saturated rings. The van der Waals surface area contributed by atoms with Crippen molar-refractivity contribution in [3.63, 3.8) is 0 Å². The molecule has 0 aliphatic carbocycles. The zero-order valence-corrected chi connectivity index (χ0v) is 19.0. The average molecular weight is 445 g/mol. The summed E-state index contributed by atoms with van der Waals surface area (Å²) < 4.78 is 27.8. The van der Waals surface area contributed by atoms with Crippen LogP contribution in [0, 0.1) is 20.8 Å². The molecule has 0 aliphatic rings. The Morgan fingerprint density at radius 1 is 0.812 bits per heavy atom. The topological polar surface area (TPSA) is 76.9 Å². The lowest BCUT2D eigenvalue weighted by molar-refractivity contribution is 0.578. The summed E-state index contributed by atoms with van der Waals surface area (Å²) >= 11 is 0. The van der Waals surface area contributed by atoms with E-state index in [0.29, 0.717) is 11.4 Å². The third-order valence-electron chi connectivity index (χ3n) is 5.18. The molecule has 32 heavy (non-hydrogen) atoms. The van der Waals surface area contributed by atoms with Gasteiger partial charge in [0.15, 0.2) is 5.82 Å². The Morgan fingerprint density at radius 2 is 1.31 bits per heavy atom. The highest BCUT2D eigenvalue weighted by molar-refractivity contribution is 7.90. The van der Waals surface area contributed by atoms with Crippen molar-refractivity contribution in [3.05, 3.63) is 102 Å². The monoisotopic (exact) mass is 444 g/mol. The SMILES string of the molecule is C=C(Nc1c(-c2ccc(C)cc2)nnn1S(=O)(=O)c1ccc(C)cc1)c1ccc(C)cc1. The minimum absolute atomic E-state index is 0.132. The van der Waals surface area contributed by atoms with Crippen LogP contribution >= 0.6 is 0 Å². The Balaban J connectivity index is 1.83. The molecule has 162 valence electrons. The van der Waals surface area contributed by atoms with Gasteiger partial charge in [-0.05, 0) is 43.7 Å². The molecule has 1 N–H and O–H groups in total.